The number of amides is 1. The summed E-state index contributed by atoms with van der Waals surface area (Å²) in [6.07, 6.45) is 3.29. The average Bonchev–Trinajstić information content (AvgIpc) is 3.21. The Kier molecular flexibility index (Phi) is 2.80. The SMILES string of the molecule is O=C1NN=C(c2nccs2)C1=Cc1c(O)[nH]c2ccccc12. The number of aromatic amines is 1. The molecule has 0 spiro atoms. The summed E-state index contributed by atoms with van der Waals surface area (Å²) < 4.78 is 0. The predicted molar refractivity (Wildman–Crippen MR) is 84.7 cm³/mol. The van der Waals surface area contributed by atoms with Crippen molar-refractivity contribution < 1.29 is 9.90 Å². The zero-order chi connectivity index (χ0) is 15.1. The number of aromatic nitrogens is 2. The lowest BCUT2D eigenvalue weighted by molar-refractivity contribution is -0.116. The van der Waals surface area contributed by atoms with E-state index in [0.717, 1.165) is 10.9 Å². The van der Waals surface area contributed by atoms with Crippen LogP contribution < -0.4 is 5.43 Å². The van der Waals surface area contributed by atoms with Crippen molar-refractivity contribution in [2.75, 3.05) is 0 Å². The lowest BCUT2D eigenvalue weighted by atomic mass is 10.1. The first-order chi connectivity index (χ1) is 10.7. The molecule has 0 unspecified atom stereocenters. The standard InChI is InChI=1S/C15H10N4O2S/c20-13-9(8-3-1-2-4-11(8)17-13)7-10-12(18-19-14(10)21)15-16-5-6-22-15/h1-7,17,20H,(H,19,21). The van der Waals surface area contributed by atoms with Gasteiger partial charge >= 0.3 is 0 Å². The van der Waals surface area contributed by atoms with Crippen molar-refractivity contribution in [3.63, 3.8) is 0 Å². The Bertz CT molecular complexity index is 938. The third kappa shape index (κ3) is 1.91. The molecular weight excluding hydrogens is 300 g/mol. The van der Waals surface area contributed by atoms with Gasteiger partial charge in [0.15, 0.2) is 5.88 Å². The highest BCUT2D eigenvalue weighted by atomic mass is 32.1. The molecule has 6 nitrogen and oxygen atoms in total. The second kappa shape index (κ2) is 4.81. The number of carbonyl (C=O) groups is 1. The molecule has 22 heavy (non-hydrogen) atoms. The van der Waals surface area contributed by atoms with E-state index < -0.39 is 0 Å². The van der Waals surface area contributed by atoms with E-state index in [0.29, 0.717) is 21.9 Å². The monoisotopic (exact) mass is 310 g/mol. The number of hydrazone groups is 1. The summed E-state index contributed by atoms with van der Waals surface area (Å²) in [5.74, 6) is -0.290. The van der Waals surface area contributed by atoms with Gasteiger partial charge in [-0.25, -0.2) is 10.4 Å². The molecule has 3 aromatic rings. The van der Waals surface area contributed by atoms with Gasteiger partial charge < -0.3 is 10.1 Å². The lowest BCUT2D eigenvalue weighted by Crippen LogP contribution is -2.13. The number of carbonyl (C=O) groups excluding carboxylic acids is 1. The molecule has 0 saturated heterocycles. The first-order valence-electron chi connectivity index (χ1n) is 6.53. The van der Waals surface area contributed by atoms with Crippen LogP contribution in [0, 0.1) is 0 Å². The minimum Gasteiger partial charge on any atom is -0.494 e. The van der Waals surface area contributed by atoms with Gasteiger partial charge in [0.2, 0.25) is 0 Å². The van der Waals surface area contributed by atoms with Crippen molar-refractivity contribution in [1.82, 2.24) is 15.4 Å². The highest BCUT2D eigenvalue weighted by molar-refractivity contribution is 7.12. The van der Waals surface area contributed by atoms with E-state index in [9.17, 15) is 9.90 Å². The molecule has 3 heterocycles. The molecule has 0 atom stereocenters. The number of aromatic hydroxyl groups is 1. The van der Waals surface area contributed by atoms with Crippen molar-refractivity contribution in [2.45, 2.75) is 0 Å². The Labute approximate surface area is 128 Å². The van der Waals surface area contributed by atoms with Crippen molar-refractivity contribution in [2.24, 2.45) is 5.10 Å². The van der Waals surface area contributed by atoms with Crippen molar-refractivity contribution in [3.05, 3.63) is 52.0 Å². The normalized spacial score (nSPS) is 16.3. The van der Waals surface area contributed by atoms with Crippen LogP contribution in [0.4, 0.5) is 0 Å². The molecule has 108 valence electrons. The number of rotatable bonds is 2. The van der Waals surface area contributed by atoms with Crippen LogP contribution in [0.2, 0.25) is 0 Å². The highest BCUT2D eigenvalue weighted by Crippen LogP contribution is 2.30. The number of fused-ring (bicyclic) bond motifs is 1. The quantitative estimate of drug-likeness (QED) is 0.634. The number of thiazole rings is 1. The van der Waals surface area contributed by atoms with E-state index in [2.05, 4.69) is 20.5 Å². The number of H-pyrrole nitrogens is 1. The Hall–Kier alpha value is -2.93. The van der Waals surface area contributed by atoms with Crippen LogP contribution in [0.3, 0.4) is 0 Å². The van der Waals surface area contributed by atoms with E-state index in [1.54, 1.807) is 12.3 Å². The van der Waals surface area contributed by atoms with Crippen LogP contribution in [-0.4, -0.2) is 26.7 Å². The number of benzene rings is 1. The van der Waals surface area contributed by atoms with Crippen LogP contribution >= 0.6 is 11.3 Å². The van der Waals surface area contributed by atoms with Gasteiger partial charge in [0.1, 0.15) is 10.7 Å². The Morgan fingerprint density at radius 3 is 2.95 bits per heavy atom. The fourth-order valence-electron chi connectivity index (χ4n) is 2.41. The first kappa shape index (κ1) is 12.8. The second-order valence-electron chi connectivity index (χ2n) is 4.73. The molecule has 1 aliphatic rings. The number of nitrogens with one attached hydrogen (secondary N) is 2. The summed E-state index contributed by atoms with van der Waals surface area (Å²) in [7, 11) is 0. The first-order valence-corrected chi connectivity index (χ1v) is 7.41. The van der Waals surface area contributed by atoms with Crippen LogP contribution in [0.5, 0.6) is 5.88 Å². The number of hydrogen-bond acceptors (Lipinski definition) is 5. The van der Waals surface area contributed by atoms with Gasteiger partial charge in [-0.2, -0.15) is 5.10 Å². The van der Waals surface area contributed by atoms with Crippen molar-refractivity contribution in [3.8, 4) is 5.88 Å². The summed E-state index contributed by atoms with van der Waals surface area (Å²) >= 11 is 1.40. The highest BCUT2D eigenvalue weighted by Gasteiger charge is 2.26. The summed E-state index contributed by atoms with van der Waals surface area (Å²) in [5.41, 5.74) is 4.68. The fourth-order valence-corrected chi connectivity index (χ4v) is 3.05. The van der Waals surface area contributed by atoms with Gasteiger partial charge in [-0.15, -0.1) is 11.3 Å². The van der Waals surface area contributed by atoms with Gasteiger partial charge in [0, 0.05) is 28.0 Å². The topological polar surface area (TPSA) is 90.4 Å². The van der Waals surface area contributed by atoms with E-state index >= 15 is 0 Å². The van der Waals surface area contributed by atoms with Gasteiger partial charge in [-0.1, -0.05) is 18.2 Å². The summed E-state index contributed by atoms with van der Waals surface area (Å²) in [4.78, 5) is 19.1. The maximum atomic E-state index is 12.0. The largest absolute Gasteiger partial charge is 0.494 e. The Balaban J connectivity index is 1.88. The third-order valence-electron chi connectivity index (χ3n) is 3.42. The number of hydrogen-bond donors (Lipinski definition) is 3. The van der Waals surface area contributed by atoms with Crippen LogP contribution in [0.1, 0.15) is 10.6 Å². The fraction of sp³-hybridized carbons (Fsp3) is 0. The lowest BCUT2D eigenvalue weighted by Gasteiger charge is -1.98. The maximum Gasteiger partial charge on any atom is 0.273 e. The molecule has 7 heteroatoms. The molecule has 1 amide bonds. The Morgan fingerprint density at radius 1 is 1.27 bits per heavy atom. The molecule has 1 aromatic carbocycles. The predicted octanol–water partition coefficient (Wildman–Crippen LogP) is 2.25. The smallest absolute Gasteiger partial charge is 0.273 e. The van der Waals surface area contributed by atoms with Crippen molar-refractivity contribution in [1.29, 1.82) is 0 Å². The molecule has 0 bridgehead atoms. The molecule has 0 fully saturated rings. The third-order valence-corrected chi connectivity index (χ3v) is 4.20. The summed E-state index contributed by atoms with van der Waals surface area (Å²) in [6.45, 7) is 0. The summed E-state index contributed by atoms with van der Waals surface area (Å²) in [5, 5.41) is 17.5. The number of nitrogens with zero attached hydrogens (tertiary/aromatic N) is 2. The summed E-state index contributed by atoms with van der Waals surface area (Å²) in [6, 6.07) is 7.49. The van der Waals surface area contributed by atoms with Gasteiger partial charge in [-0.3, -0.25) is 4.79 Å². The van der Waals surface area contributed by atoms with Gasteiger partial charge in [0.05, 0.1) is 5.57 Å². The van der Waals surface area contributed by atoms with E-state index in [1.165, 1.54) is 11.3 Å². The zero-order valence-electron chi connectivity index (χ0n) is 11.2. The maximum absolute atomic E-state index is 12.0. The molecular formula is C15H10N4O2S. The molecule has 0 aliphatic carbocycles. The molecule has 4 rings (SSSR count). The van der Waals surface area contributed by atoms with E-state index in [-0.39, 0.29) is 11.8 Å². The number of para-hydroxylation sites is 1. The van der Waals surface area contributed by atoms with Crippen LogP contribution in [-0.2, 0) is 4.79 Å². The minimum absolute atomic E-state index is 0.0203. The van der Waals surface area contributed by atoms with Crippen LogP contribution in [0.25, 0.3) is 17.0 Å². The molecule has 2 aromatic heterocycles. The second-order valence-corrected chi connectivity index (χ2v) is 5.62. The minimum atomic E-state index is -0.310. The van der Waals surface area contributed by atoms with E-state index in [4.69, 9.17) is 0 Å². The van der Waals surface area contributed by atoms with E-state index in [1.807, 2.05) is 29.6 Å². The molecule has 1 aliphatic heterocycles. The molecule has 0 saturated carbocycles. The molecule has 0 radical (unpaired) electrons. The van der Waals surface area contributed by atoms with Crippen LogP contribution in [0.15, 0.2) is 46.5 Å². The Morgan fingerprint density at radius 2 is 2.14 bits per heavy atom. The van der Waals surface area contributed by atoms with Crippen molar-refractivity contribution >= 4 is 39.9 Å². The average molecular weight is 310 g/mol. The molecule has 3 N–H and O–H groups in total. The zero-order valence-corrected chi connectivity index (χ0v) is 12.0. The van der Waals surface area contributed by atoms with Gasteiger partial charge in [-0.05, 0) is 12.1 Å². The van der Waals surface area contributed by atoms with Gasteiger partial charge in [0.25, 0.3) is 5.91 Å².